The van der Waals surface area contributed by atoms with Gasteiger partial charge in [0.15, 0.2) is 11.3 Å². The summed E-state index contributed by atoms with van der Waals surface area (Å²) < 4.78 is 24.9. The molecule has 0 saturated carbocycles. The number of hydrogen-bond acceptors (Lipinski definition) is 17. The molecule has 11 aromatic rings. The zero-order chi connectivity index (χ0) is 52.2. The first kappa shape index (κ1) is 49.4. The lowest BCUT2D eigenvalue weighted by molar-refractivity contribution is 0.328. The van der Waals surface area contributed by atoms with Crippen molar-refractivity contribution in [2.24, 2.45) is 0 Å². The van der Waals surface area contributed by atoms with Crippen molar-refractivity contribution >= 4 is 44.7 Å². The highest BCUT2D eigenvalue weighted by Crippen LogP contribution is 2.38. The Balaban J connectivity index is 0.000000176. The number of nitrogens with zero attached hydrogens (tertiary/aromatic N) is 17. The minimum Gasteiger partial charge on any atom is -0.497 e. The third-order valence-corrected chi connectivity index (χ3v) is 12.5. The van der Waals surface area contributed by atoms with Crippen LogP contribution in [0.5, 0.6) is 17.5 Å². The van der Waals surface area contributed by atoms with Crippen LogP contribution in [0.4, 0.5) is 11.4 Å². The number of nitrogens with one attached hydrogen (secondary N) is 1. The summed E-state index contributed by atoms with van der Waals surface area (Å²) >= 11 is 0. The molecule has 10 heterocycles. The topological polar surface area (TPSA) is 216 Å². The number of aromatic nitrogens is 16. The van der Waals surface area contributed by atoms with Crippen molar-refractivity contribution < 1.29 is 14.2 Å². The average Bonchev–Trinajstić information content (AvgIpc) is 4.27. The highest BCUT2D eigenvalue weighted by Gasteiger charge is 2.25. The molecule has 11 rings (SSSR count). The van der Waals surface area contributed by atoms with Crippen molar-refractivity contribution in [3.05, 3.63) is 139 Å². The van der Waals surface area contributed by atoms with E-state index < -0.39 is 0 Å². The molecule has 0 saturated heterocycles. The summed E-state index contributed by atoms with van der Waals surface area (Å²) in [4.78, 5) is 30.5. The molecule has 21 heteroatoms. The fraction of sp³-hybridized carbons (Fsp3) is 0.296. The van der Waals surface area contributed by atoms with Crippen molar-refractivity contribution in [1.29, 1.82) is 0 Å². The second-order valence-corrected chi connectivity index (χ2v) is 18.2. The first-order chi connectivity index (χ1) is 36.5. The van der Waals surface area contributed by atoms with Crippen LogP contribution < -0.4 is 24.4 Å². The molecule has 0 radical (unpaired) electrons. The Kier molecular flexibility index (Phi) is 14.2. The van der Waals surface area contributed by atoms with Crippen molar-refractivity contribution in [2.75, 3.05) is 30.5 Å². The van der Waals surface area contributed by atoms with Gasteiger partial charge in [0.05, 0.1) is 78.7 Å². The smallest absolute Gasteiger partial charge is 0.222 e. The number of benzene rings is 1. The van der Waals surface area contributed by atoms with Gasteiger partial charge in [-0.1, -0.05) is 12.1 Å². The summed E-state index contributed by atoms with van der Waals surface area (Å²) in [5, 5.41) is 29.7. The molecule has 0 amide bonds. The molecule has 0 fully saturated rings. The fourth-order valence-electron chi connectivity index (χ4n) is 9.01. The number of aryl methyl sites for hydroxylation is 2. The van der Waals surface area contributed by atoms with E-state index in [1.54, 1.807) is 44.6 Å². The zero-order valence-corrected chi connectivity index (χ0v) is 43.4. The second-order valence-electron chi connectivity index (χ2n) is 18.2. The maximum absolute atomic E-state index is 5.91. The summed E-state index contributed by atoms with van der Waals surface area (Å²) in [5.74, 6) is 3.52. The number of methoxy groups -OCH3 is 1. The maximum Gasteiger partial charge on any atom is 0.222 e. The number of ether oxygens (including phenoxy) is 3. The quantitative estimate of drug-likeness (QED) is 0.0899. The van der Waals surface area contributed by atoms with E-state index in [-0.39, 0.29) is 12.1 Å². The van der Waals surface area contributed by atoms with Gasteiger partial charge in [0.25, 0.3) is 0 Å². The number of rotatable bonds is 17. The minimum absolute atomic E-state index is 0.118. The van der Waals surface area contributed by atoms with E-state index in [4.69, 9.17) is 39.4 Å². The van der Waals surface area contributed by atoms with Gasteiger partial charge in [-0.25, -0.2) is 29.9 Å². The van der Waals surface area contributed by atoms with Crippen LogP contribution in [0.25, 0.3) is 55.9 Å². The SMILES string of the molecule is CCOc1ncccc1-c1cc(N(Cc2ccc(OC)cc2)Cc2nccc3nncn23)c2c(n1)c(C)nn2C(C)C.CCOc1ncccc1-c1cc(NCc2nccc3nncn23)c2c(n1)c(C)nn2C(C)C. The molecule has 0 aliphatic heterocycles. The van der Waals surface area contributed by atoms with Gasteiger partial charge in [0.2, 0.25) is 11.8 Å². The molecule has 21 nitrogen and oxygen atoms in total. The Labute approximate surface area is 432 Å². The van der Waals surface area contributed by atoms with Gasteiger partial charge in [0, 0.05) is 55.5 Å². The van der Waals surface area contributed by atoms with E-state index in [9.17, 15) is 0 Å². The van der Waals surface area contributed by atoms with Gasteiger partial charge in [0.1, 0.15) is 52.1 Å². The van der Waals surface area contributed by atoms with Gasteiger partial charge in [-0.2, -0.15) is 10.2 Å². The van der Waals surface area contributed by atoms with Crippen LogP contribution in [0, 0.1) is 13.8 Å². The number of anilines is 2. The maximum atomic E-state index is 5.91. The molecule has 0 aliphatic rings. The van der Waals surface area contributed by atoms with Crippen molar-refractivity contribution in [1.82, 2.24) is 78.7 Å². The van der Waals surface area contributed by atoms with Crippen molar-refractivity contribution in [2.45, 2.75) is 87.1 Å². The Morgan fingerprint density at radius 2 is 1.16 bits per heavy atom. The molecule has 0 atom stereocenters. The number of hydrogen-bond donors (Lipinski definition) is 1. The first-order valence-electron chi connectivity index (χ1n) is 24.9. The van der Waals surface area contributed by atoms with Gasteiger partial charge in [-0.05, 0) is 109 Å². The highest BCUT2D eigenvalue weighted by atomic mass is 16.5. The van der Waals surface area contributed by atoms with E-state index in [2.05, 4.69) is 96.1 Å². The van der Waals surface area contributed by atoms with E-state index in [0.29, 0.717) is 44.6 Å². The van der Waals surface area contributed by atoms with Crippen LogP contribution in [0.1, 0.15) is 82.2 Å². The monoisotopic (exact) mass is 1010 g/mol. The van der Waals surface area contributed by atoms with Gasteiger partial charge < -0.3 is 24.4 Å². The summed E-state index contributed by atoms with van der Waals surface area (Å²) in [6, 6.07) is 24.0. The van der Waals surface area contributed by atoms with Crippen molar-refractivity contribution in [3.63, 3.8) is 0 Å². The number of pyridine rings is 4. The van der Waals surface area contributed by atoms with Crippen LogP contribution in [0.15, 0.2) is 110 Å². The molecular formula is C54H58N18O3. The molecular weight excluding hydrogens is 949 g/mol. The standard InChI is InChI=1S/C31H33N9O2.C23H25N9O/c1-6-42-31-24(8-7-14-33-31)25-16-26(30-29(35-25)21(4)37-40(30)20(2)3)38(17-22-9-11-23(41-5)12-10-22)18-28-32-15-13-27-36-34-19-39(27)28;1-5-33-23-16(7-6-9-25-23)17-11-18(22-21(28-17)15(4)30-32(22)14(2)3)26-12-20-24-10-8-19-29-27-13-31(19)20/h7-16,19-20H,6,17-18H2,1-5H3;6-11,13-14H,5,12H2,1-4H3,(H,26,28). The third-order valence-electron chi connectivity index (χ3n) is 12.5. The fourth-order valence-corrected chi connectivity index (χ4v) is 9.01. The van der Waals surface area contributed by atoms with Crippen LogP contribution >= 0.6 is 0 Å². The van der Waals surface area contributed by atoms with Crippen LogP contribution in [0.3, 0.4) is 0 Å². The Morgan fingerprint density at radius 1 is 0.613 bits per heavy atom. The predicted octanol–water partition coefficient (Wildman–Crippen LogP) is 9.27. The molecule has 10 aromatic heterocycles. The Hall–Kier alpha value is -9.14. The largest absolute Gasteiger partial charge is 0.497 e. The summed E-state index contributed by atoms with van der Waals surface area (Å²) in [5.41, 5.74) is 13.0. The third kappa shape index (κ3) is 10.0. The van der Waals surface area contributed by atoms with Crippen LogP contribution in [-0.2, 0) is 19.6 Å². The summed E-state index contributed by atoms with van der Waals surface area (Å²) in [7, 11) is 1.67. The molecule has 382 valence electrons. The average molecular weight is 1010 g/mol. The lowest BCUT2D eigenvalue weighted by Gasteiger charge is -2.27. The Morgan fingerprint density at radius 3 is 1.73 bits per heavy atom. The molecule has 0 aliphatic carbocycles. The molecule has 0 spiro atoms. The first-order valence-corrected chi connectivity index (χ1v) is 24.9. The summed E-state index contributed by atoms with van der Waals surface area (Å²) in [6.07, 6.45) is 10.3. The predicted molar refractivity (Wildman–Crippen MR) is 286 cm³/mol. The zero-order valence-electron chi connectivity index (χ0n) is 43.4. The van der Waals surface area contributed by atoms with E-state index >= 15 is 0 Å². The van der Waals surface area contributed by atoms with Crippen molar-refractivity contribution in [3.8, 4) is 40.0 Å². The molecule has 0 bridgehead atoms. The minimum atomic E-state index is 0.118. The normalized spacial score (nSPS) is 11.5. The van der Waals surface area contributed by atoms with Gasteiger partial charge in [-0.15, -0.1) is 20.4 Å². The summed E-state index contributed by atoms with van der Waals surface area (Å²) in [6.45, 7) is 18.9. The lowest BCUT2D eigenvalue weighted by Crippen LogP contribution is -2.25. The lowest BCUT2D eigenvalue weighted by atomic mass is 10.1. The molecule has 1 N–H and O–H groups in total. The van der Waals surface area contributed by atoms with Gasteiger partial charge in [-0.3, -0.25) is 18.2 Å². The Bertz CT molecular complexity index is 3770. The van der Waals surface area contributed by atoms with Crippen LogP contribution in [-0.4, -0.2) is 99.0 Å². The molecule has 1 aromatic carbocycles. The van der Waals surface area contributed by atoms with Gasteiger partial charge >= 0.3 is 0 Å². The molecule has 0 unspecified atom stereocenters. The van der Waals surface area contributed by atoms with E-state index in [1.807, 2.05) is 95.8 Å². The number of fused-ring (bicyclic) bond motifs is 4. The highest BCUT2D eigenvalue weighted by molar-refractivity contribution is 5.94. The molecule has 75 heavy (non-hydrogen) atoms. The van der Waals surface area contributed by atoms with E-state index in [0.717, 1.165) is 102 Å². The second kappa shape index (κ2) is 21.5. The van der Waals surface area contributed by atoms with E-state index in [1.165, 1.54) is 0 Å². The van der Waals surface area contributed by atoms with Crippen LogP contribution in [0.2, 0.25) is 0 Å².